The number of aromatic nitrogens is 2. The van der Waals surface area contributed by atoms with Crippen LogP contribution in [0.4, 0.5) is 0 Å². The van der Waals surface area contributed by atoms with Crippen molar-refractivity contribution in [3.05, 3.63) is 41.0 Å². The summed E-state index contributed by atoms with van der Waals surface area (Å²) in [6.45, 7) is 1.64. The molecule has 1 aromatic carbocycles. The molecule has 0 spiro atoms. The Morgan fingerprint density at radius 2 is 2.08 bits per heavy atom. The molecular formula is C17H20ClN3O3. The lowest BCUT2D eigenvalue weighted by Crippen LogP contribution is -2.49. The van der Waals surface area contributed by atoms with Gasteiger partial charge in [-0.25, -0.2) is 0 Å². The van der Waals surface area contributed by atoms with Gasteiger partial charge in [0.25, 0.3) is 5.91 Å². The first kappa shape index (κ1) is 16.8. The van der Waals surface area contributed by atoms with E-state index in [0.29, 0.717) is 22.5 Å². The van der Waals surface area contributed by atoms with Crippen molar-refractivity contribution in [3.8, 4) is 5.75 Å². The molecule has 128 valence electrons. The second kappa shape index (κ2) is 7.21. The molecule has 3 rings (SSSR count). The number of hydrogen-bond acceptors (Lipinski definition) is 5. The van der Waals surface area contributed by atoms with Crippen molar-refractivity contribution in [2.75, 3.05) is 6.61 Å². The second-order valence-corrected chi connectivity index (χ2v) is 6.45. The average molecular weight is 350 g/mol. The van der Waals surface area contributed by atoms with E-state index in [-0.39, 0.29) is 12.5 Å². The van der Waals surface area contributed by atoms with Gasteiger partial charge >= 0.3 is 0 Å². The fourth-order valence-electron chi connectivity index (χ4n) is 3.06. The van der Waals surface area contributed by atoms with Crippen molar-refractivity contribution in [1.29, 1.82) is 0 Å². The van der Waals surface area contributed by atoms with Crippen LogP contribution in [0.1, 0.15) is 43.8 Å². The molecule has 1 fully saturated rings. The minimum atomic E-state index is -0.572. The van der Waals surface area contributed by atoms with Crippen LogP contribution in [-0.2, 0) is 10.3 Å². The lowest BCUT2D eigenvalue weighted by Gasteiger charge is -2.35. The van der Waals surface area contributed by atoms with E-state index in [4.69, 9.17) is 20.9 Å². The van der Waals surface area contributed by atoms with E-state index < -0.39 is 5.54 Å². The molecule has 0 radical (unpaired) electrons. The van der Waals surface area contributed by atoms with Crippen molar-refractivity contribution in [2.24, 2.45) is 0 Å². The second-order valence-electron chi connectivity index (χ2n) is 6.05. The maximum absolute atomic E-state index is 12.4. The molecule has 0 aliphatic heterocycles. The fraction of sp³-hybridized carbons (Fsp3) is 0.471. The van der Waals surface area contributed by atoms with Crippen LogP contribution < -0.4 is 10.1 Å². The Hall–Kier alpha value is -2.08. The van der Waals surface area contributed by atoms with E-state index in [2.05, 4.69) is 15.5 Å². The molecule has 6 nitrogen and oxygen atoms in total. The minimum Gasteiger partial charge on any atom is -0.482 e. The van der Waals surface area contributed by atoms with E-state index in [9.17, 15) is 4.79 Å². The number of halogens is 1. The van der Waals surface area contributed by atoms with Crippen LogP contribution in [0, 0.1) is 6.92 Å². The number of rotatable bonds is 5. The van der Waals surface area contributed by atoms with Gasteiger partial charge in [0, 0.05) is 6.92 Å². The van der Waals surface area contributed by atoms with Crippen molar-refractivity contribution >= 4 is 17.5 Å². The third-order valence-corrected chi connectivity index (χ3v) is 4.55. The number of hydrogen-bond donors (Lipinski definition) is 1. The normalized spacial score (nSPS) is 16.6. The van der Waals surface area contributed by atoms with Crippen molar-refractivity contribution < 1.29 is 14.1 Å². The highest BCUT2D eigenvalue weighted by Crippen LogP contribution is 2.35. The SMILES string of the molecule is Cc1nc(C2(NC(=O)COc3ccccc3Cl)CCCCC2)no1. The quantitative estimate of drug-likeness (QED) is 0.895. The van der Waals surface area contributed by atoms with E-state index in [0.717, 1.165) is 32.1 Å². The number of amides is 1. The Morgan fingerprint density at radius 1 is 1.33 bits per heavy atom. The van der Waals surface area contributed by atoms with Crippen LogP contribution in [0.15, 0.2) is 28.8 Å². The van der Waals surface area contributed by atoms with E-state index in [1.54, 1.807) is 19.1 Å². The number of carbonyl (C=O) groups excluding carboxylic acids is 1. The molecule has 0 unspecified atom stereocenters. The van der Waals surface area contributed by atoms with Crippen LogP contribution in [0.2, 0.25) is 5.02 Å². The van der Waals surface area contributed by atoms with Gasteiger partial charge in [-0.2, -0.15) is 4.98 Å². The third kappa shape index (κ3) is 3.70. The van der Waals surface area contributed by atoms with Crippen LogP contribution in [-0.4, -0.2) is 22.7 Å². The van der Waals surface area contributed by atoms with Gasteiger partial charge < -0.3 is 14.6 Å². The topological polar surface area (TPSA) is 77.2 Å². The zero-order valence-corrected chi connectivity index (χ0v) is 14.3. The summed E-state index contributed by atoms with van der Waals surface area (Å²) < 4.78 is 10.6. The first-order valence-corrected chi connectivity index (χ1v) is 8.46. The zero-order chi connectivity index (χ0) is 17.0. The highest BCUT2D eigenvalue weighted by atomic mass is 35.5. The molecule has 1 N–H and O–H groups in total. The lowest BCUT2D eigenvalue weighted by molar-refractivity contribution is -0.125. The molecule has 0 atom stereocenters. The molecule has 1 aromatic heterocycles. The smallest absolute Gasteiger partial charge is 0.258 e. The molecular weight excluding hydrogens is 330 g/mol. The van der Waals surface area contributed by atoms with Gasteiger partial charge in [0.05, 0.1) is 5.02 Å². The number of benzene rings is 1. The van der Waals surface area contributed by atoms with Gasteiger partial charge in [-0.1, -0.05) is 48.2 Å². The minimum absolute atomic E-state index is 0.109. The number of para-hydroxylation sites is 1. The average Bonchev–Trinajstić information content (AvgIpc) is 3.02. The molecule has 1 aliphatic carbocycles. The molecule has 2 aromatic rings. The zero-order valence-electron chi connectivity index (χ0n) is 13.5. The largest absolute Gasteiger partial charge is 0.482 e. The monoisotopic (exact) mass is 349 g/mol. The van der Waals surface area contributed by atoms with Crippen molar-refractivity contribution in [3.63, 3.8) is 0 Å². The summed E-state index contributed by atoms with van der Waals surface area (Å²) in [6, 6.07) is 7.07. The van der Waals surface area contributed by atoms with E-state index in [1.165, 1.54) is 0 Å². The number of nitrogens with one attached hydrogen (secondary N) is 1. The summed E-state index contributed by atoms with van der Waals surface area (Å²) >= 11 is 6.04. The molecule has 0 saturated heterocycles. The Kier molecular flexibility index (Phi) is 5.04. The molecule has 0 bridgehead atoms. The number of ether oxygens (including phenoxy) is 1. The predicted molar refractivity (Wildman–Crippen MR) is 88.9 cm³/mol. The molecule has 1 amide bonds. The maximum atomic E-state index is 12.4. The van der Waals surface area contributed by atoms with Crippen LogP contribution in [0.5, 0.6) is 5.75 Å². The number of aryl methyl sites for hydroxylation is 1. The van der Waals surface area contributed by atoms with Crippen molar-refractivity contribution in [1.82, 2.24) is 15.5 Å². The Balaban J connectivity index is 1.69. The Morgan fingerprint density at radius 3 is 2.75 bits per heavy atom. The Labute approximate surface area is 145 Å². The van der Waals surface area contributed by atoms with Gasteiger partial charge in [-0.3, -0.25) is 4.79 Å². The van der Waals surface area contributed by atoms with E-state index in [1.807, 2.05) is 12.1 Å². The number of carbonyl (C=O) groups is 1. The molecule has 1 aliphatic rings. The standard InChI is InChI=1S/C17H20ClN3O3/c1-12-19-16(21-24-12)17(9-5-2-6-10-17)20-15(22)11-23-14-8-4-3-7-13(14)18/h3-4,7-8H,2,5-6,9-11H2,1H3,(H,20,22). The fourth-order valence-corrected chi connectivity index (χ4v) is 3.25. The number of nitrogens with zero attached hydrogens (tertiary/aromatic N) is 2. The first-order chi connectivity index (χ1) is 11.6. The summed E-state index contributed by atoms with van der Waals surface area (Å²) in [5, 5.41) is 7.57. The summed E-state index contributed by atoms with van der Waals surface area (Å²) in [5.41, 5.74) is -0.572. The van der Waals surface area contributed by atoms with Gasteiger partial charge in [-0.15, -0.1) is 0 Å². The lowest BCUT2D eigenvalue weighted by atomic mass is 9.81. The molecule has 1 saturated carbocycles. The van der Waals surface area contributed by atoms with Crippen LogP contribution >= 0.6 is 11.6 Å². The van der Waals surface area contributed by atoms with Crippen LogP contribution in [0.3, 0.4) is 0 Å². The molecule has 1 heterocycles. The highest BCUT2D eigenvalue weighted by Gasteiger charge is 2.39. The first-order valence-electron chi connectivity index (χ1n) is 8.08. The summed E-state index contributed by atoms with van der Waals surface area (Å²) in [7, 11) is 0. The van der Waals surface area contributed by atoms with Gasteiger partial charge in [0.15, 0.2) is 12.4 Å². The van der Waals surface area contributed by atoms with Gasteiger partial charge in [0.1, 0.15) is 11.3 Å². The van der Waals surface area contributed by atoms with Gasteiger partial charge in [0.2, 0.25) is 5.89 Å². The maximum Gasteiger partial charge on any atom is 0.258 e. The summed E-state index contributed by atoms with van der Waals surface area (Å²) in [6.07, 6.45) is 4.76. The summed E-state index contributed by atoms with van der Waals surface area (Å²) in [4.78, 5) is 16.8. The highest BCUT2D eigenvalue weighted by molar-refractivity contribution is 6.32. The van der Waals surface area contributed by atoms with Crippen LogP contribution in [0.25, 0.3) is 0 Å². The third-order valence-electron chi connectivity index (χ3n) is 4.24. The predicted octanol–water partition coefficient (Wildman–Crippen LogP) is 3.39. The molecule has 7 heteroatoms. The Bertz CT molecular complexity index is 711. The summed E-state index contributed by atoms with van der Waals surface area (Å²) in [5.74, 6) is 1.31. The van der Waals surface area contributed by atoms with Crippen molar-refractivity contribution in [2.45, 2.75) is 44.6 Å². The van der Waals surface area contributed by atoms with E-state index >= 15 is 0 Å². The molecule has 24 heavy (non-hydrogen) atoms. The van der Waals surface area contributed by atoms with Gasteiger partial charge in [-0.05, 0) is 25.0 Å².